The molecular weight excluding hydrogens is 514 g/mol. The third kappa shape index (κ3) is 6.88. The van der Waals surface area contributed by atoms with Gasteiger partial charge in [0.05, 0.1) is 13.2 Å². The van der Waals surface area contributed by atoms with Crippen molar-refractivity contribution in [1.29, 1.82) is 0 Å². The molecule has 2 aromatic carbocycles. The molecule has 41 heavy (non-hydrogen) atoms. The number of carbonyl (C=O) groups is 2. The SMILES string of the molecule is COc1ccc(C(C)(C)C)cc1CN[C@H]1[C@H](C(C)(C)C)[C@@H](C(=O)O)N(C(=O)N(C(C)C)C(C)C)[C@H]1c1ccccc1. The maximum absolute atomic E-state index is 14.4. The van der Waals surface area contributed by atoms with Crippen LogP contribution in [-0.2, 0) is 16.8 Å². The zero-order valence-corrected chi connectivity index (χ0v) is 26.9. The summed E-state index contributed by atoms with van der Waals surface area (Å²) < 4.78 is 5.73. The van der Waals surface area contributed by atoms with Gasteiger partial charge in [0.25, 0.3) is 0 Å². The van der Waals surface area contributed by atoms with Gasteiger partial charge in [0.1, 0.15) is 11.8 Å². The highest BCUT2D eigenvalue weighted by Crippen LogP contribution is 2.49. The maximum atomic E-state index is 14.4. The molecule has 7 heteroatoms. The van der Waals surface area contributed by atoms with Crippen molar-refractivity contribution in [2.24, 2.45) is 11.3 Å². The number of urea groups is 1. The summed E-state index contributed by atoms with van der Waals surface area (Å²) in [5.74, 6) is -0.573. The number of rotatable bonds is 8. The van der Waals surface area contributed by atoms with Crippen LogP contribution < -0.4 is 10.1 Å². The molecule has 0 aromatic heterocycles. The Morgan fingerprint density at radius 1 is 0.976 bits per heavy atom. The fourth-order valence-electron chi connectivity index (χ4n) is 6.47. The van der Waals surface area contributed by atoms with E-state index < -0.39 is 23.5 Å². The van der Waals surface area contributed by atoms with E-state index in [-0.39, 0.29) is 35.5 Å². The molecule has 0 unspecified atom stereocenters. The molecule has 3 rings (SSSR count). The van der Waals surface area contributed by atoms with Gasteiger partial charge in [-0.1, -0.05) is 84.0 Å². The summed E-state index contributed by atoms with van der Waals surface area (Å²) in [6.45, 7) is 21.1. The zero-order valence-electron chi connectivity index (χ0n) is 26.9. The van der Waals surface area contributed by atoms with Gasteiger partial charge in [-0.05, 0) is 55.7 Å². The van der Waals surface area contributed by atoms with E-state index in [1.54, 1.807) is 16.9 Å². The molecule has 1 fully saturated rings. The Bertz CT molecular complexity index is 1190. The Kier molecular flexibility index (Phi) is 9.84. The highest BCUT2D eigenvalue weighted by atomic mass is 16.5. The first kappa shape index (κ1) is 32.5. The summed E-state index contributed by atoms with van der Waals surface area (Å²) in [4.78, 5) is 31.0. The third-order valence-electron chi connectivity index (χ3n) is 8.29. The molecule has 2 amide bonds. The van der Waals surface area contributed by atoms with E-state index in [9.17, 15) is 14.7 Å². The molecule has 0 spiro atoms. The second kappa shape index (κ2) is 12.4. The van der Waals surface area contributed by atoms with Gasteiger partial charge in [0, 0.05) is 36.2 Å². The number of carbonyl (C=O) groups excluding carboxylic acids is 1. The highest BCUT2D eigenvalue weighted by molar-refractivity contribution is 5.85. The van der Waals surface area contributed by atoms with Crippen LogP contribution in [0.4, 0.5) is 4.79 Å². The normalized spacial score (nSPS) is 21.4. The molecule has 1 aliphatic rings. The Labute approximate surface area is 247 Å². The first-order valence-electron chi connectivity index (χ1n) is 14.8. The van der Waals surface area contributed by atoms with Crippen LogP contribution in [0, 0.1) is 11.3 Å². The van der Waals surface area contributed by atoms with Gasteiger partial charge < -0.3 is 25.0 Å². The number of nitrogens with zero attached hydrogens (tertiary/aromatic N) is 2. The maximum Gasteiger partial charge on any atom is 0.326 e. The van der Waals surface area contributed by atoms with E-state index in [0.29, 0.717) is 6.54 Å². The van der Waals surface area contributed by atoms with Crippen molar-refractivity contribution >= 4 is 12.0 Å². The summed E-state index contributed by atoms with van der Waals surface area (Å²) >= 11 is 0. The number of methoxy groups -OCH3 is 1. The number of carboxylic acid groups (broad SMARTS) is 1. The number of ether oxygens (including phenoxy) is 1. The molecule has 0 radical (unpaired) electrons. The van der Waals surface area contributed by atoms with Crippen LogP contribution in [0.3, 0.4) is 0 Å². The molecule has 2 N–H and O–H groups in total. The van der Waals surface area contributed by atoms with Crippen molar-refractivity contribution in [3.05, 3.63) is 65.2 Å². The minimum atomic E-state index is -1.01. The summed E-state index contributed by atoms with van der Waals surface area (Å²) in [6, 6.07) is 13.9. The minimum Gasteiger partial charge on any atom is -0.496 e. The Balaban J connectivity index is 2.20. The number of likely N-dealkylation sites (tertiary alicyclic amines) is 1. The number of hydrogen-bond acceptors (Lipinski definition) is 4. The van der Waals surface area contributed by atoms with E-state index >= 15 is 0 Å². The lowest BCUT2D eigenvalue weighted by Crippen LogP contribution is -2.55. The quantitative estimate of drug-likeness (QED) is 0.365. The third-order valence-corrected chi connectivity index (χ3v) is 8.29. The molecular formula is C34H51N3O4. The lowest BCUT2D eigenvalue weighted by Gasteiger charge is -2.39. The fourth-order valence-corrected chi connectivity index (χ4v) is 6.47. The summed E-state index contributed by atoms with van der Waals surface area (Å²) in [5.41, 5.74) is 2.66. The number of benzene rings is 2. The van der Waals surface area contributed by atoms with Gasteiger partial charge in [-0.15, -0.1) is 0 Å². The second-order valence-electron chi connectivity index (χ2n) is 14.0. The van der Waals surface area contributed by atoms with Crippen molar-refractivity contribution < 1.29 is 19.4 Å². The van der Waals surface area contributed by atoms with Gasteiger partial charge in [-0.2, -0.15) is 0 Å². The highest BCUT2D eigenvalue weighted by Gasteiger charge is 2.58. The van der Waals surface area contributed by atoms with E-state index in [2.05, 4.69) is 59.0 Å². The summed E-state index contributed by atoms with van der Waals surface area (Å²) in [7, 11) is 1.67. The lowest BCUT2D eigenvalue weighted by molar-refractivity contribution is -0.144. The molecule has 7 nitrogen and oxygen atoms in total. The topological polar surface area (TPSA) is 82.1 Å². The Hall–Kier alpha value is -3.06. The van der Waals surface area contributed by atoms with Crippen LogP contribution in [0.25, 0.3) is 0 Å². The number of amides is 2. The Morgan fingerprint density at radius 3 is 2.02 bits per heavy atom. The van der Waals surface area contributed by atoms with Crippen LogP contribution >= 0.6 is 0 Å². The molecule has 0 saturated carbocycles. The molecule has 1 saturated heterocycles. The predicted molar refractivity (Wildman–Crippen MR) is 165 cm³/mol. The summed E-state index contributed by atoms with van der Waals surface area (Å²) in [5, 5.41) is 14.5. The van der Waals surface area contributed by atoms with Crippen molar-refractivity contribution in [3.63, 3.8) is 0 Å². The molecule has 0 aliphatic carbocycles. The molecule has 4 atom stereocenters. The van der Waals surface area contributed by atoms with E-state index in [0.717, 1.165) is 16.9 Å². The van der Waals surface area contributed by atoms with Crippen LogP contribution in [0.5, 0.6) is 5.75 Å². The van der Waals surface area contributed by atoms with Crippen LogP contribution in [0.1, 0.15) is 92.0 Å². The van der Waals surface area contributed by atoms with Gasteiger partial charge >= 0.3 is 12.0 Å². The number of carboxylic acids is 1. The monoisotopic (exact) mass is 565 g/mol. The van der Waals surface area contributed by atoms with Gasteiger partial charge in [0.2, 0.25) is 0 Å². The molecule has 1 aliphatic heterocycles. The molecule has 0 bridgehead atoms. The van der Waals surface area contributed by atoms with Gasteiger partial charge in [0.15, 0.2) is 0 Å². The van der Waals surface area contributed by atoms with Crippen LogP contribution in [-0.4, -0.2) is 58.2 Å². The van der Waals surface area contributed by atoms with Crippen molar-refractivity contribution in [1.82, 2.24) is 15.1 Å². The fraction of sp³-hybridized carbons (Fsp3) is 0.588. The standard InChI is InChI=1S/C34H51N3O4/c1-21(2)36(22(3)4)32(40)37-29(23-15-13-12-14-16-23)28(27(34(8,9)10)30(37)31(38)39)35-20-24-19-25(33(5,6)7)17-18-26(24)41-11/h12-19,21-22,27-30,35H,20H2,1-11H3,(H,38,39)/t27-,28-,29-,30-/m0/s1. The van der Waals surface area contributed by atoms with Crippen LogP contribution in [0.15, 0.2) is 48.5 Å². The van der Waals surface area contributed by atoms with Crippen LogP contribution in [0.2, 0.25) is 0 Å². The van der Waals surface area contributed by atoms with Crippen molar-refractivity contribution in [2.45, 2.75) is 111 Å². The molecule has 226 valence electrons. The van der Waals surface area contributed by atoms with E-state index in [1.165, 1.54) is 5.56 Å². The first-order chi connectivity index (χ1) is 19.0. The molecule has 2 aromatic rings. The van der Waals surface area contributed by atoms with Gasteiger partial charge in [-0.25, -0.2) is 9.59 Å². The van der Waals surface area contributed by atoms with E-state index in [1.807, 2.05) is 64.1 Å². The molecule has 1 heterocycles. The van der Waals surface area contributed by atoms with Crippen molar-refractivity contribution in [2.75, 3.05) is 7.11 Å². The number of nitrogens with one attached hydrogen (secondary N) is 1. The first-order valence-corrected chi connectivity index (χ1v) is 14.8. The second-order valence-corrected chi connectivity index (χ2v) is 14.0. The van der Waals surface area contributed by atoms with Gasteiger partial charge in [-0.3, -0.25) is 0 Å². The van der Waals surface area contributed by atoms with Crippen molar-refractivity contribution in [3.8, 4) is 5.75 Å². The minimum absolute atomic E-state index is 0.0380. The summed E-state index contributed by atoms with van der Waals surface area (Å²) in [6.07, 6.45) is 0. The average Bonchev–Trinajstić information content (AvgIpc) is 3.23. The van der Waals surface area contributed by atoms with E-state index in [4.69, 9.17) is 4.74 Å². The largest absolute Gasteiger partial charge is 0.496 e. The average molecular weight is 566 g/mol. The number of hydrogen-bond donors (Lipinski definition) is 2. The number of aliphatic carboxylic acids is 1. The Morgan fingerprint density at radius 2 is 1.56 bits per heavy atom. The zero-order chi connectivity index (χ0) is 30.9. The lowest BCUT2D eigenvalue weighted by atomic mass is 9.72. The predicted octanol–water partition coefficient (Wildman–Crippen LogP) is 6.86. The smallest absolute Gasteiger partial charge is 0.326 e.